The van der Waals surface area contributed by atoms with Crippen molar-refractivity contribution in [2.24, 2.45) is 11.8 Å². The minimum Gasteiger partial charge on any atom is -0.375 e. The second-order valence-electron chi connectivity index (χ2n) is 7.62. The summed E-state index contributed by atoms with van der Waals surface area (Å²) in [6.45, 7) is 8.70. The van der Waals surface area contributed by atoms with Gasteiger partial charge in [0, 0.05) is 44.0 Å². The van der Waals surface area contributed by atoms with Gasteiger partial charge in [-0.05, 0) is 37.5 Å². The van der Waals surface area contributed by atoms with Gasteiger partial charge in [0.2, 0.25) is 5.91 Å². The summed E-state index contributed by atoms with van der Waals surface area (Å²) >= 11 is 1.45. The number of thiazole rings is 1. The van der Waals surface area contributed by atoms with Crippen LogP contribution < -0.4 is 5.73 Å². The molecule has 0 aromatic carbocycles. The molecule has 1 saturated carbocycles. The van der Waals surface area contributed by atoms with Crippen LogP contribution in [0.15, 0.2) is 5.38 Å². The lowest BCUT2D eigenvalue weighted by atomic mass is 10.0. The Balaban J connectivity index is 1.56. The number of carbonyl (C=O) groups excluding carboxylic acids is 1. The number of amides is 1. The largest absolute Gasteiger partial charge is 0.375 e. The van der Waals surface area contributed by atoms with Gasteiger partial charge in [-0.15, -0.1) is 11.3 Å². The lowest BCUT2D eigenvalue weighted by Crippen LogP contribution is -2.46. The van der Waals surface area contributed by atoms with E-state index in [4.69, 9.17) is 5.73 Å². The molecule has 1 unspecified atom stereocenters. The van der Waals surface area contributed by atoms with Gasteiger partial charge in [-0.3, -0.25) is 9.69 Å². The van der Waals surface area contributed by atoms with Gasteiger partial charge in [0.15, 0.2) is 5.13 Å². The molecule has 2 heterocycles. The number of aryl methyl sites for hydroxylation is 1. The standard InChI is InChI=1S/C18H30N4OS/c1-13(2)16-11-22(9-3-8-21(16)10-14-4-5-14)17(23)7-6-15-12-24-18(19)20-15/h12-14,16H,3-11H2,1-2H3,(H2,19,20). The molecular weight excluding hydrogens is 320 g/mol. The van der Waals surface area contributed by atoms with Crippen molar-refractivity contribution in [3.8, 4) is 0 Å². The molecule has 5 nitrogen and oxygen atoms in total. The van der Waals surface area contributed by atoms with Crippen molar-refractivity contribution < 1.29 is 4.79 Å². The van der Waals surface area contributed by atoms with E-state index in [2.05, 4.69) is 28.6 Å². The van der Waals surface area contributed by atoms with Gasteiger partial charge in [-0.1, -0.05) is 13.8 Å². The molecular formula is C18H30N4OS. The van der Waals surface area contributed by atoms with E-state index >= 15 is 0 Å². The molecule has 1 atom stereocenters. The smallest absolute Gasteiger partial charge is 0.223 e. The minimum atomic E-state index is 0.264. The third-order valence-corrected chi connectivity index (χ3v) is 5.95. The van der Waals surface area contributed by atoms with Gasteiger partial charge >= 0.3 is 0 Å². The van der Waals surface area contributed by atoms with Crippen molar-refractivity contribution in [2.75, 3.05) is 31.9 Å². The Morgan fingerprint density at radius 3 is 2.83 bits per heavy atom. The molecule has 1 aromatic rings. The van der Waals surface area contributed by atoms with Gasteiger partial charge < -0.3 is 10.6 Å². The normalized spacial score (nSPS) is 22.8. The Bertz CT molecular complexity index is 555. The van der Waals surface area contributed by atoms with Crippen LogP contribution >= 0.6 is 11.3 Å². The van der Waals surface area contributed by atoms with Crippen LogP contribution in [-0.2, 0) is 11.2 Å². The van der Waals surface area contributed by atoms with E-state index in [1.54, 1.807) is 0 Å². The molecule has 1 saturated heterocycles. The van der Waals surface area contributed by atoms with E-state index in [-0.39, 0.29) is 5.91 Å². The molecule has 2 aliphatic rings. The highest BCUT2D eigenvalue weighted by molar-refractivity contribution is 7.13. The van der Waals surface area contributed by atoms with Gasteiger partial charge in [0.1, 0.15) is 0 Å². The Morgan fingerprint density at radius 1 is 1.42 bits per heavy atom. The fraction of sp³-hybridized carbons (Fsp3) is 0.778. The summed E-state index contributed by atoms with van der Waals surface area (Å²) in [7, 11) is 0. The fourth-order valence-electron chi connectivity index (χ4n) is 3.61. The number of anilines is 1. The Morgan fingerprint density at radius 2 is 2.21 bits per heavy atom. The molecule has 2 fully saturated rings. The first-order valence-corrected chi connectivity index (χ1v) is 10.1. The van der Waals surface area contributed by atoms with Crippen LogP contribution in [-0.4, -0.2) is 52.9 Å². The zero-order valence-corrected chi connectivity index (χ0v) is 15.7. The van der Waals surface area contributed by atoms with Crippen molar-refractivity contribution in [3.05, 3.63) is 11.1 Å². The highest BCUT2D eigenvalue weighted by atomic mass is 32.1. The predicted molar refractivity (Wildman–Crippen MR) is 99.0 cm³/mol. The molecule has 134 valence electrons. The quantitative estimate of drug-likeness (QED) is 0.857. The summed E-state index contributed by atoms with van der Waals surface area (Å²) in [5, 5.41) is 2.54. The number of nitrogens with zero attached hydrogens (tertiary/aromatic N) is 3. The van der Waals surface area contributed by atoms with Crippen molar-refractivity contribution in [3.63, 3.8) is 0 Å². The molecule has 0 spiro atoms. The lowest BCUT2D eigenvalue weighted by Gasteiger charge is -2.34. The highest BCUT2D eigenvalue weighted by Gasteiger charge is 2.33. The van der Waals surface area contributed by atoms with Crippen LogP contribution in [0.3, 0.4) is 0 Å². The van der Waals surface area contributed by atoms with Crippen molar-refractivity contribution >= 4 is 22.4 Å². The second kappa shape index (κ2) is 7.83. The average molecular weight is 351 g/mol. The van der Waals surface area contributed by atoms with Crippen LogP contribution in [0, 0.1) is 11.8 Å². The lowest BCUT2D eigenvalue weighted by molar-refractivity contribution is -0.131. The molecule has 3 rings (SSSR count). The van der Waals surface area contributed by atoms with Gasteiger partial charge in [0.05, 0.1) is 5.69 Å². The Labute approximate surface area is 149 Å². The van der Waals surface area contributed by atoms with E-state index in [0.717, 1.165) is 37.7 Å². The summed E-state index contributed by atoms with van der Waals surface area (Å²) in [5.74, 6) is 1.75. The second-order valence-corrected chi connectivity index (χ2v) is 8.51. The van der Waals surface area contributed by atoms with Crippen molar-refractivity contribution in [1.29, 1.82) is 0 Å². The van der Waals surface area contributed by atoms with Crippen LogP contribution in [0.5, 0.6) is 0 Å². The van der Waals surface area contributed by atoms with E-state index in [1.165, 1.54) is 30.7 Å². The zero-order valence-electron chi connectivity index (χ0n) is 14.9. The molecule has 0 bridgehead atoms. The maximum atomic E-state index is 12.7. The molecule has 1 aliphatic carbocycles. The number of aromatic nitrogens is 1. The van der Waals surface area contributed by atoms with E-state index in [9.17, 15) is 4.79 Å². The Hall–Kier alpha value is -1.14. The summed E-state index contributed by atoms with van der Waals surface area (Å²) in [6.07, 6.45) is 5.10. The number of rotatable bonds is 6. The monoisotopic (exact) mass is 350 g/mol. The first-order valence-electron chi connectivity index (χ1n) is 9.24. The van der Waals surface area contributed by atoms with Crippen molar-refractivity contribution in [1.82, 2.24) is 14.8 Å². The van der Waals surface area contributed by atoms with Crippen LogP contribution in [0.4, 0.5) is 5.13 Å². The number of hydrogen-bond acceptors (Lipinski definition) is 5. The average Bonchev–Trinajstić information content (AvgIpc) is 3.30. The molecule has 0 radical (unpaired) electrons. The third kappa shape index (κ3) is 4.70. The van der Waals surface area contributed by atoms with Gasteiger partial charge in [-0.25, -0.2) is 4.98 Å². The van der Waals surface area contributed by atoms with Crippen LogP contribution in [0.1, 0.15) is 45.2 Å². The van der Waals surface area contributed by atoms with Crippen LogP contribution in [0.2, 0.25) is 0 Å². The van der Waals surface area contributed by atoms with E-state index in [0.29, 0.717) is 29.9 Å². The number of hydrogen-bond donors (Lipinski definition) is 1. The zero-order chi connectivity index (χ0) is 17.1. The SMILES string of the molecule is CC(C)C1CN(C(=O)CCc2csc(N)n2)CCCN1CC1CC1. The maximum Gasteiger partial charge on any atom is 0.223 e. The van der Waals surface area contributed by atoms with Gasteiger partial charge in [-0.2, -0.15) is 0 Å². The minimum absolute atomic E-state index is 0.264. The predicted octanol–water partition coefficient (Wildman–Crippen LogP) is 2.63. The first-order chi connectivity index (χ1) is 11.5. The molecule has 1 amide bonds. The Kier molecular flexibility index (Phi) is 5.76. The first kappa shape index (κ1) is 17.7. The highest BCUT2D eigenvalue weighted by Crippen LogP contribution is 2.32. The number of nitrogens with two attached hydrogens (primary N) is 1. The molecule has 6 heteroatoms. The number of nitrogen functional groups attached to an aromatic ring is 1. The van der Waals surface area contributed by atoms with Gasteiger partial charge in [0.25, 0.3) is 0 Å². The molecule has 2 N–H and O–H groups in total. The summed E-state index contributed by atoms with van der Waals surface area (Å²) < 4.78 is 0. The van der Waals surface area contributed by atoms with E-state index < -0.39 is 0 Å². The summed E-state index contributed by atoms with van der Waals surface area (Å²) in [5.41, 5.74) is 6.61. The van der Waals surface area contributed by atoms with Crippen molar-refractivity contribution in [2.45, 2.75) is 52.0 Å². The van der Waals surface area contributed by atoms with Crippen LogP contribution in [0.25, 0.3) is 0 Å². The summed E-state index contributed by atoms with van der Waals surface area (Å²) in [4.78, 5) is 21.7. The molecule has 1 aliphatic heterocycles. The fourth-order valence-corrected chi connectivity index (χ4v) is 4.21. The molecule has 24 heavy (non-hydrogen) atoms. The molecule has 1 aromatic heterocycles. The third-order valence-electron chi connectivity index (χ3n) is 5.23. The van der Waals surface area contributed by atoms with E-state index in [1.807, 2.05) is 5.38 Å². The topological polar surface area (TPSA) is 62.5 Å². The maximum absolute atomic E-state index is 12.7. The number of carbonyl (C=O) groups is 1. The summed E-state index contributed by atoms with van der Waals surface area (Å²) in [6, 6.07) is 0.493.